The monoisotopic (exact) mass is 358 g/mol. The third-order valence-electron chi connectivity index (χ3n) is 4.49. The molecule has 0 saturated carbocycles. The number of nitrogens with zero attached hydrogens (tertiary/aromatic N) is 3. The van der Waals surface area contributed by atoms with Crippen molar-refractivity contribution in [3.05, 3.63) is 80.7 Å². The Bertz CT molecular complexity index is 1360. The van der Waals surface area contributed by atoms with Crippen LogP contribution in [0.1, 0.15) is 11.1 Å². The van der Waals surface area contributed by atoms with Crippen LogP contribution < -0.4 is 10.1 Å². The van der Waals surface area contributed by atoms with Crippen molar-refractivity contribution in [2.75, 3.05) is 0 Å². The molecule has 0 aliphatic heterocycles. The predicted octanol–water partition coefficient (Wildman–Crippen LogP) is 3.16. The highest BCUT2D eigenvalue weighted by Gasteiger charge is 2.13. The van der Waals surface area contributed by atoms with Crippen molar-refractivity contribution in [1.82, 2.24) is 19.6 Å². The number of nitrogens with one attached hydrogen (secondary N) is 1. The molecule has 1 N–H and O–H groups in total. The van der Waals surface area contributed by atoms with Crippen LogP contribution in [0.4, 0.5) is 0 Å². The first-order chi connectivity index (χ1) is 12.7. The van der Waals surface area contributed by atoms with E-state index in [9.17, 15) is 4.79 Å². The van der Waals surface area contributed by atoms with Crippen molar-refractivity contribution in [3.8, 4) is 11.3 Å². The maximum absolute atomic E-state index is 13.0. The molecule has 0 aliphatic carbocycles. The minimum atomic E-state index is -0.0432. The van der Waals surface area contributed by atoms with Gasteiger partial charge in [-0.1, -0.05) is 53.8 Å². The van der Waals surface area contributed by atoms with Gasteiger partial charge in [-0.3, -0.25) is 9.89 Å². The number of hydrogen-bond donors (Lipinski definition) is 1. The van der Waals surface area contributed by atoms with E-state index in [4.69, 9.17) is 0 Å². The molecule has 0 unspecified atom stereocenters. The summed E-state index contributed by atoms with van der Waals surface area (Å²) in [5.41, 5.74) is 5.59. The molecule has 0 aliphatic rings. The molecule has 5 rings (SSSR count). The van der Waals surface area contributed by atoms with Crippen LogP contribution in [0.15, 0.2) is 59.5 Å². The average Bonchev–Trinajstić information content (AvgIpc) is 3.33. The molecule has 6 heteroatoms. The topological polar surface area (TPSA) is 63.0 Å². The molecule has 5 nitrogen and oxygen atoms in total. The number of benzene rings is 2. The number of imidazole rings is 1. The van der Waals surface area contributed by atoms with Gasteiger partial charge in [0.2, 0.25) is 0 Å². The van der Waals surface area contributed by atoms with Gasteiger partial charge >= 0.3 is 0 Å². The molecular weight excluding hydrogens is 344 g/mol. The molecule has 0 radical (unpaired) electrons. The van der Waals surface area contributed by atoms with E-state index in [2.05, 4.69) is 15.2 Å². The minimum Gasteiger partial charge on any atom is -0.277 e. The lowest BCUT2D eigenvalue weighted by atomic mass is 10.1. The van der Waals surface area contributed by atoms with Crippen molar-refractivity contribution in [2.45, 2.75) is 6.92 Å². The van der Waals surface area contributed by atoms with Gasteiger partial charge < -0.3 is 0 Å². The quantitative estimate of drug-likeness (QED) is 0.527. The summed E-state index contributed by atoms with van der Waals surface area (Å²) < 4.78 is 2.34. The van der Waals surface area contributed by atoms with Crippen LogP contribution in [-0.4, -0.2) is 19.6 Å². The van der Waals surface area contributed by atoms with Crippen LogP contribution in [0, 0.1) is 6.92 Å². The molecule has 0 saturated heterocycles. The maximum Gasteiger partial charge on any atom is 0.274 e. The summed E-state index contributed by atoms with van der Waals surface area (Å²) in [5.74, 6) is 0. The fourth-order valence-corrected chi connectivity index (χ4v) is 4.18. The summed E-state index contributed by atoms with van der Waals surface area (Å²) in [6.45, 7) is 2.01. The number of rotatable bonds is 2. The van der Waals surface area contributed by atoms with Gasteiger partial charge in [-0.25, -0.2) is 9.38 Å². The lowest BCUT2D eigenvalue weighted by Crippen LogP contribution is -2.22. The Morgan fingerprint density at radius 1 is 1.12 bits per heavy atom. The molecule has 5 aromatic rings. The SMILES string of the molecule is Cc1cccc2c1nc1s/c(=C/c3cn[nH]c3-c3ccccc3)c(=O)n12. The van der Waals surface area contributed by atoms with Crippen molar-refractivity contribution in [1.29, 1.82) is 0 Å². The van der Waals surface area contributed by atoms with E-state index >= 15 is 0 Å². The fourth-order valence-electron chi connectivity index (χ4n) is 3.21. The molecule has 3 aromatic heterocycles. The zero-order chi connectivity index (χ0) is 17.7. The second kappa shape index (κ2) is 5.64. The lowest BCUT2D eigenvalue weighted by Gasteiger charge is -1.98. The first-order valence-electron chi connectivity index (χ1n) is 8.23. The van der Waals surface area contributed by atoms with Crippen LogP contribution in [0.25, 0.3) is 33.3 Å². The van der Waals surface area contributed by atoms with Crippen molar-refractivity contribution < 1.29 is 0 Å². The van der Waals surface area contributed by atoms with E-state index < -0.39 is 0 Å². The summed E-state index contributed by atoms with van der Waals surface area (Å²) in [5, 5.41) is 7.18. The van der Waals surface area contributed by atoms with Gasteiger partial charge in [-0.05, 0) is 24.6 Å². The summed E-state index contributed by atoms with van der Waals surface area (Å²) in [7, 11) is 0. The Labute approximate surface area is 152 Å². The molecular formula is C20H14N4OS. The Kier molecular flexibility index (Phi) is 3.26. The third kappa shape index (κ3) is 2.19. The molecule has 0 atom stereocenters. The number of thiazole rings is 1. The van der Waals surface area contributed by atoms with Crippen molar-refractivity contribution in [2.24, 2.45) is 0 Å². The molecule has 0 spiro atoms. The molecule has 3 heterocycles. The van der Waals surface area contributed by atoms with Gasteiger partial charge in [0.15, 0.2) is 4.96 Å². The predicted molar refractivity (Wildman–Crippen MR) is 104 cm³/mol. The molecule has 26 heavy (non-hydrogen) atoms. The van der Waals surface area contributed by atoms with Crippen molar-refractivity contribution >= 4 is 33.4 Å². The van der Waals surface area contributed by atoms with Gasteiger partial charge in [0.05, 0.1) is 27.5 Å². The smallest absolute Gasteiger partial charge is 0.274 e. The Morgan fingerprint density at radius 3 is 2.81 bits per heavy atom. The highest BCUT2D eigenvalue weighted by molar-refractivity contribution is 7.15. The molecule has 0 fully saturated rings. The van der Waals surface area contributed by atoms with Crippen LogP contribution >= 0.6 is 11.3 Å². The van der Waals surface area contributed by atoms with Gasteiger partial charge in [0, 0.05) is 11.1 Å². The Balaban J connectivity index is 1.74. The maximum atomic E-state index is 13.0. The van der Waals surface area contributed by atoms with Gasteiger partial charge in [-0.2, -0.15) is 5.10 Å². The number of aromatic amines is 1. The molecule has 2 aromatic carbocycles. The lowest BCUT2D eigenvalue weighted by molar-refractivity contribution is 1.10. The van der Waals surface area contributed by atoms with Gasteiger partial charge in [0.1, 0.15) is 0 Å². The normalized spacial score (nSPS) is 12.4. The van der Waals surface area contributed by atoms with Crippen LogP contribution in [0.3, 0.4) is 0 Å². The second-order valence-corrected chi connectivity index (χ2v) is 7.16. The first kappa shape index (κ1) is 15.0. The summed E-state index contributed by atoms with van der Waals surface area (Å²) in [6.07, 6.45) is 3.63. The summed E-state index contributed by atoms with van der Waals surface area (Å²) in [4.78, 5) is 18.3. The van der Waals surface area contributed by atoms with Crippen LogP contribution in [0.5, 0.6) is 0 Å². The summed E-state index contributed by atoms with van der Waals surface area (Å²) >= 11 is 1.40. The fraction of sp³-hybridized carbons (Fsp3) is 0.0500. The van der Waals surface area contributed by atoms with E-state index in [-0.39, 0.29) is 5.56 Å². The van der Waals surface area contributed by atoms with E-state index in [1.54, 1.807) is 10.6 Å². The van der Waals surface area contributed by atoms with E-state index in [0.717, 1.165) is 38.4 Å². The Hall–Kier alpha value is -3.25. The number of fused-ring (bicyclic) bond motifs is 3. The van der Waals surface area contributed by atoms with E-state index in [1.807, 2.05) is 61.5 Å². The number of H-pyrrole nitrogens is 1. The minimum absolute atomic E-state index is 0.0432. The number of hydrogen-bond acceptors (Lipinski definition) is 4. The van der Waals surface area contributed by atoms with E-state index in [0.29, 0.717) is 4.53 Å². The third-order valence-corrected chi connectivity index (χ3v) is 5.46. The van der Waals surface area contributed by atoms with Crippen LogP contribution in [-0.2, 0) is 0 Å². The zero-order valence-electron chi connectivity index (χ0n) is 13.9. The highest BCUT2D eigenvalue weighted by Crippen LogP contribution is 2.22. The zero-order valence-corrected chi connectivity index (χ0v) is 14.7. The molecule has 126 valence electrons. The summed E-state index contributed by atoms with van der Waals surface area (Å²) in [6, 6.07) is 15.9. The Morgan fingerprint density at radius 2 is 1.96 bits per heavy atom. The number of para-hydroxylation sites is 1. The first-order valence-corrected chi connectivity index (χ1v) is 9.05. The number of aromatic nitrogens is 4. The van der Waals surface area contributed by atoms with Crippen molar-refractivity contribution in [3.63, 3.8) is 0 Å². The molecule has 0 amide bonds. The highest BCUT2D eigenvalue weighted by atomic mass is 32.1. The molecule has 0 bridgehead atoms. The average molecular weight is 358 g/mol. The second-order valence-electron chi connectivity index (χ2n) is 6.15. The standard InChI is InChI=1S/C20H14N4OS/c1-12-6-5-9-15-17(12)22-20-24(15)19(25)16(26-20)10-14-11-21-23-18(14)13-7-3-2-4-8-13/h2-11H,1H3,(H,21,23)/b16-10+. The van der Waals surface area contributed by atoms with Gasteiger partial charge in [0.25, 0.3) is 5.56 Å². The van der Waals surface area contributed by atoms with Gasteiger partial charge in [-0.15, -0.1) is 0 Å². The largest absolute Gasteiger partial charge is 0.277 e. The van der Waals surface area contributed by atoms with E-state index in [1.165, 1.54) is 11.3 Å². The number of aryl methyl sites for hydroxylation is 1. The van der Waals surface area contributed by atoms with Crippen LogP contribution in [0.2, 0.25) is 0 Å².